The van der Waals surface area contributed by atoms with E-state index in [4.69, 9.17) is 11.5 Å². The molecule has 142 valence electrons. The molecule has 1 aliphatic rings. The summed E-state index contributed by atoms with van der Waals surface area (Å²) in [6.07, 6.45) is 3.55. The highest BCUT2D eigenvalue weighted by molar-refractivity contribution is 7.20. The van der Waals surface area contributed by atoms with Gasteiger partial charge >= 0.3 is 6.03 Å². The maximum absolute atomic E-state index is 12.6. The Labute approximate surface area is 161 Å². The number of nitrogens with one attached hydrogen (secondary N) is 2. The van der Waals surface area contributed by atoms with Crippen LogP contribution in [0.3, 0.4) is 0 Å². The average Bonchev–Trinajstić information content (AvgIpc) is 3.04. The molecule has 0 unspecified atom stereocenters. The van der Waals surface area contributed by atoms with Crippen molar-refractivity contribution in [2.45, 2.75) is 31.6 Å². The number of amides is 4. The number of carbonyl (C=O) groups excluding carboxylic acids is 3. The summed E-state index contributed by atoms with van der Waals surface area (Å²) in [6.45, 7) is 0. The van der Waals surface area contributed by atoms with Crippen molar-refractivity contribution in [3.63, 3.8) is 0 Å². The summed E-state index contributed by atoms with van der Waals surface area (Å²) in [7, 11) is 0. The maximum atomic E-state index is 12.6. The van der Waals surface area contributed by atoms with E-state index >= 15 is 0 Å². The van der Waals surface area contributed by atoms with Crippen molar-refractivity contribution in [2.24, 2.45) is 17.4 Å². The lowest BCUT2D eigenvalue weighted by atomic mass is 9.78. The molecule has 1 aromatic heterocycles. The number of urea groups is 1. The largest absolute Gasteiger partial charge is 0.366 e. The van der Waals surface area contributed by atoms with E-state index in [0.717, 1.165) is 37.0 Å². The molecule has 1 aliphatic carbocycles. The first kappa shape index (κ1) is 18.9. The molecule has 0 spiro atoms. The van der Waals surface area contributed by atoms with Crippen molar-refractivity contribution < 1.29 is 14.4 Å². The molecule has 1 heterocycles. The van der Waals surface area contributed by atoms with Gasteiger partial charge in [-0.1, -0.05) is 41.7 Å². The third kappa shape index (κ3) is 4.65. The number of hydrogen-bond donors (Lipinski definition) is 4. The number of rotatable bonds is 5. The Balaban J connectivity index is 1.61. The Morgan fingerprint density at radius 3 is 2.22 bits per heavy atom. The lowest BCUT2D eigenvalue weighted by molar-refractivity contribution is -0.120. The zero-order chi connectivity index (χ0) is 19.4. The van der Waals surface area contributed by atoms with Crippen molar-refractivity contribution in [3.8, 4) is 0 Å². The number of nitrogens with two attached hydrogens (primary N) is 2. The van der Waals surface area contributed by atoms with E-state index in [0.29, 0.717) is 10.9 Å². The Kier molecular flexibility index (Phi) is 5.75. The second kappa shape index (κ2) is 8.22. The first-order valence-corrected chi connectivity index (χ1v) is 9.61. The van der Waals surface area contributed by atoms with E-state index in [2.05, 4.69) is 22.8 Å². The first-order valence-electron chi connectivity index (χ1n) is 8.80. The van der Waals surface area contributed by atoms with Gasteiger partial charge in [-0.15, -0.1) is 0 Å². The van der Waals surface area contributed by atoms with E-state index in [1.54, 1.807) is 0 Å². The predicted octanol–water partition coefficient (Wildman–Crippen LogP) is 3.25. The first-order chi connectivity index (χ1) is 12.9. The number of carbonyl (C=O) groups is 3. The third-order valence-corrected chi connectivity index (χ3v) is 5.82. The number of anilines is 2. The fraction of sp³-hybridized carbons (Fsp3) is 0.316. The minimum atomic E-state index is -0.795. The van der Waals surface area contributed by atoms with Crippen LogP contribution in [0.4, 0.5) is 14.8 Å². The second-order valence-electron chi connectivity index (χ2n) is 6.66. The summed E-state index contributed by atoms with van der Waals surface area (Å²) in [6, 6.07) is 11.0. The van der Waals surface area contributed by atoms with Crippen molar-refractivity contribution in [3.05, 3.63) is 47.5 Å². The highest BCUT2D eigenvalue weighted by atomic mass is 32.1. The Hall–Kier alpha value is -2.87. The van der Waals surface area contributed by atoms with Gasteiger partial charge in [-0.2, -0.15) is 0 Å². The molecule has 0 radical (unpaired) electrons. The van der Waals surface area contributed by atoms with Crippen LogP contribution in [-0.4, -0.2) is 17.8 Å². The molecule has 3 rings (SSSR count). The SMILES string of the molecule is NC(=O)Nc1sc(NC(=O)C2CCC(c3ccccc3)CC2)cc1C(N)=O. The minimum Gasteiger partial charge on any atom is -0.366 e. The van der Waals surface area contributed by atoms with Crippen LogP contribution < -0.4 is 22.1 Å². The van der Waals surface area contributed by atoms with Gasteiger partial charge in [0.15, 0.2) is 0 Å². The molecule has 8 heteroatoms. The summed E-state index contributed by atoms with van der Waals surface area (Å²) in [5.74, 6) is -0.357. The van der Waals surface area contributed by atoms with Crippen LogP contribution in [0.15, 0.2) is 36.4 Å². The topological polar surface area (TPSA) is 127 Å². The van der Waals surface area contributed by atoms with Gasteiger partial charge in [-0.3, -0.25) is 14.9 Å². The minimum absolute atomic E-state index is 0.0726. The quantitative estimate of drug-likeness (QED) is 0.630. The van der Waals surface area contributed by atoms with Crippen molar-refractivity contribution in [1.29, 1.82) is 0 Å². The summed E-state index contributed by atoms with van der Waals surface area (Å²) in [4.78, 5) is 35.1. The van der Waals surface area contributed by atoms with Crippen LogP contribution in [-0.2, 0) is 4.79 Å². The summed E-state index contributed by atoms with van der Waals surface area (Å²) < 4.78 is 0. The molecule has 0 bridgehead atoms. The van der Waals surface area contributed by atoms with Gasteiger partial charge < -0.3 is 16.8 Å². The smallest absolute Gasteiger partial charge is 0.317 e. The Bertz CT molecular complexity index is 842. The number of hydrogen-bond acceptors (Lipinski definition) is 4. The molecule has 6 N–H and O–H groups in total. The zero-order valence-corrected chi connectivity index (χ0v) is 15.6. The lowest BCUT2D eigenvalue weighted by Crippen LogP contribution is -2.26. The van der Waals surface area contributed by atoms with Crippen molar-refractivity contribution >= 4 is 39.2 Å². The van der Waals surface area contributed by atoms with Crippen molar-refractivity contribution in [1.82, 2.24) is 0 Å². The summed E-state index contributed by atoms with van der Waals surface area (Å²) in [5, 5.41) is 5.89. The monoisotopic (exact) mass is 386 g/mol. The Morgan fingerprint density at radius 1 is 0.963 bits per heavy atom. The molecular formula is C19H22N4O3S. The molecule has 0 saturated heterocycles. The second-order valence-corrected chi connectivity index (χ2v) is 7.71. The molecule has 2 aromatic rings. The third-order valence-electron chi connectivity index (χ3n) is 4.85. The number of primary amides is 2. The number of benzene rings is 1. The fourth-order valence-electron chi connectivity index (χ4n) is 3.48. The van der Waals surface area contributed by atoms with Crippen LogP contribution >= 0.6 is 11.3 Å². The maximum Gasteiger partial charge on any atom is 0.317 e. The molecule has 27 heavy (non-hydrogen) atoms. The molecular weight excluding hydrogens is 364 g/mol. The molecule has 1 aromatic carbocycles. The van der Waals surface area contributed by atoms with Gasteiger partial charge in [0.25, 0.3) is 5.91 Å². The van der Waals surface area contributed by atoms with Crippen molar-refractivity contribution in [2.75, 3.05) is 10.6 Å². The highest BCUT2D eigenvalue weighted by Gasteiger charge is 2.27. The van der Waals surface area contributed by atoms with Gasteiger partial charge in [0.2, 0.25) is 5.91 Å². The molecule has 0 atom stereocenters. The lowest BCUT2D eigenvalue weighted by Gasteiger charge is -2.27. The van der Waals surface area contributed by atoms with Crippen LogP contribution in [0.1, 0.15) is 47.5 Å². The van der Waals surface area contributed by atoms with Gasteiger partial charge in [-0.25, -0.2) is 4.79 Å². The van der Waals surface area contributed by atoms with E-state index in [1.807, 2.05) is 18.2 Å². The van der Waals surface area contributed by atoms with Crippen LogP contribution in [0.5, 0.6) is 0 Å². The normalized spacial score (nSPS) is 19.3. The van der Waals surface area contributed by atoms with Crippen LogP contribution in [0.25, 0.3) is 0 Å². The van der Waals surface area contributed by atoms with E-state index in [9.17, 15) is 14.4 Å². The summed E-state index contributed by atoms with van der Waals surface area (Å²) in [5.41, 5.74) is 11.9. The highest BCUT2D eigenvalue weighted by Crippen LogP contribution is 2.37. The average molecular weight is 386 g/mol. The predicted molar refractivity (Wildman–Crippen MR) is 106 cm³/mol. The van der Waals surface area contributed by atoms with Gasteiger partial charge in [-0.05, 0) is 43.2 Å². The van der Waals surface area contributed by atoms with Crippen LogP contribution in [0, 0.1) is 5.92 Å². The molecule has 4 amide bonds. The standard InChI is InChI=1S/C19H22N4O3S/c20-16(24)14-10-15(27-18(14)23-19(21)26)22-17(25)13-8-6-12(7-9-13)11-4-2-1-3-5-11/h1-5,10,12-13H,6-9H2,(H2,20,24)(H,22,25)(H3,21,23,26). The van der Waals surface area contributed by atoms with Gasteiger partial charge in [0.1, 0.15) is 5.00 Å². The van der Waals surface area contributed by atoms with Gasteiger partial charge in [0, 0.05) is 5.92 Å². The number of thiophene rings is 1. The van der Waals surface area contributed by atoms with E-state index in [-0.39, 0.29) is 22.4 Å². The zero-order valence-electron chi connectivity index (χ0n) is 14.7. The molecule has 1 saturated carbocycles. The molecule has 7 nitrogen and oxygen atoms in total. The Morgan fingerprint density at radius 2 is 1.63 bits per heavy atom. The van der Waals surface area contributed by atoms with E-state index in [1.165, 1.54) is 11.6 Å². The molecule has 0 aliphatic heterocycles. The summed E-state index contributed by atoms with van der Waals surface area (Å²) >= 11 is 1.06. The van der Waals surface area contributed by atoms with E-state index < -0.39 is 11.9 Å². The fourth-order valence-corrected chi connectivity index (χ4v) is 4.45. The van der Waals surface area contributed by atoms with Gasteiger partial charge in [0.05, 0.1) is 10.6 Å². The van der Waals surface area contributed by atoms with Crippen LogP contribution in [0.2, 0.25) is 0 Å². The molecule has 1 fully saturated rings.